The zero-order chi connectivity index (χ0) is 34.0. The Morgan fingerprint density at radius 3 is 2.28 bits per heavy atom. The van der Waals surface area contributed by atoms with Gasteiger partial charge < -0.3 is 25.0 Å². The van der Waals surface area contributed by atoms with Crippen LogP contribution in [0.4, 0.5) is 39.3 Å². The molecule has 6 heterocycles. The van der Waals surface area contributed by atoms with Gasteiger partial charge in [0.15, 0.2) is 11.5 Å². The van der Waals surface area contributed by atoms with E-state index in [4.69, 9.17) is 9.97 Å². The molecule has 13 nitrogen and oxygen atoms in total. The highest BCUT2D eigenvalue weighted by molar-refractivity contribution is 6.06. The molecule has 0 bridgehead atoms. The van der Waals surface area contributed by atoms with E-state index in [0.717, 1.165) is 93.1 Å². The summed E-state index contributed by atoms with van der Waals surface area (Å²) in [4.78, 5) is 52.7. The first-order chi connectivity index (χ1) is 24.5. The van der Waals surface area contributed by atoms with Gasteiger partial charge >= 0.3 is 6.03 Å². The lowest BCUT2D eigenvalue weighted by atomic mass is 9.95. The minimum atomic E-state index is -0.332. The molecule has 8 rings (SSSR count). The van der Waals surface area contributed by atoms with Crippen molar-refractivity contribution < 1.29 is 9.59 Å². The van der Waals surface area contributed by atoms with E-state index >= 15 is 0 Å². The summed E-state index contributed by atoms with van der Waals surface area (Å²) in [7, 11) is 0. The number of urea groups is 1. The lowest BCUT2D eigenvalue weighted by Crippen LogP contribution is -2.49. The third kappa shape index (κ3) is 6.91. The fraction of sp³-hybridized carbons (Fsp3) is 0.486. The standard InChI is InChI=1S/C37H47N11O2/c1-26-23-30(9-10-31(26)48-18-13-32(49)41-37(48)50)45-16-11-27(12-17-45)24-44-19-21-46(22-20-44)29-7-5-28(6-8-29)40-35-33-34(39-25-38-33)42-36(43-35)47-14-3-2-4-15-47/h5-10,23,25,27H,2-4,11-22,24H2,1H3,(H,41,49,50)(H2,38,39,40,42,43). The number of nitrogens with zero attached hydrogens (tertiary/aromatic N) is 8. The van der Waals surface area contributed by atoms with Gasteiger partial charge in [0, 0.05) is 94.6 Å². The molecule has 4 saturated heterocycles. The zero-order valence-corrected chi connectivity index (χ0v) is 28.9. The van der Waals surface area contributed by atoms with E-state index in [0.29, 0.717) is 24.5 Å². The molecule has 4 aliphatic heterocycles. The number of rotatable bonds is 8. The Kier molecular flexibility index (Phi) is 9.14. The fourth-order valence-corrected chi connectivity index (χ4v) is 7.90. The second-order valence-electron chi connectivity index (χ2n) is 14.1. The maximum Gasteiger partial charge on any atom is 0.328 e. The van der Waals surface area contributed by atoms with E-state index in [1.54, 1.807) is 11.2 Å². The molecule has 4 aromatic rings. The third-order valence-electron chi connectivity index (χ3n) is 10.8. The Labute approximate surface area is 293 Å². The van der Waals surface area contributed by atoms with Crippen molar-refractivity contribution in [3.8, 4) is 0 Å². The molecule has 0 saturated carbocycles. The molecule has 2 aromatic heterocycles. The minimum Gasteiger partial charge on any atom is -0.372 e. The number of piperidine rings is 2. The monoisotopic (exact) mass is 677 g/mol. The van der Waals surface area contributed by atoms with Gasteiger partial charge in [-0.2, -0.15) is 9.97 Å². The van der Waals surface area contributed by atoms with Crippen LogP contribution in [0.1, 0.15) is 44.1 Å². The van der Waals surface area contributed by atoms with Crippen LogP contribution in [0.25, 0.3) is 11.2 Å². The van der Waals surface area contributed by atoms with Crippen molar-refractivity contribution in [2.75, 3.05) is 90.4 Å². The van der Waals surface area contributed by atoms with Gasteiger partial charge in [-0.3, -0.25) is 19.9 Å². The number of imide groups is 1. The van der Waals surface area contributed by atoms with Crippen molar-refractivity contribution in [2.45, 2.75) is 45.4 Å². The van der Waals surface area contributed by atoms with Crippen LogP contribution in [0.15, 0.2) is 48.8 Å². The Morgan fingerprint density at radius 1 is 0.800 bits per heavy atom. The molecule has 3 N–H and O–H groups in total. The normalized spacial score (nSPS) is 19.7. The number of fused-ring (bicyclic) bond motifs is 1. The van der Waals surface area contributed by atoms with Gasteiger partial charge in [-0.05, 0) is 93.0 Å². The molecule has 4 fully saturated rings. The summed E-state index contributed by atoms with van der Waals surface area (Å²) in [6, 6.07) is 14.7. The molecule has 262 valence electrons. The predicted molar refractivity (Wildman–Crippen MR) is 198 cm³/mol. The molecule has 0 radical (unpaired) electrons. The molecule has 0 spiro atoms. The number of aromatic amines is 1. The molecular formula is C37H47N11O2. The highest BCUT2D eigenvalue weighted by atomic mass is 16.2. The van der Waals surface area contributed by atoms with Crippen LogP contribution in [0, 0.1) is 12.8 Å². The largest absolute Gasteiger partial charge is 0.372 e. The average molecular weight is 678 g/mol. The molecule has 0 aliphatic carbocycles. The van der Waals surface area contributed by atoms with E-state index in [9.17, 15) is 9.59 Å². The van der Waals surface area contributed by atoms with Crippen LogP contribution < -0.4 is 30.2 Å². The lowest BCUT2D eigenvalue weighted by molar-refractivity contribution is -0.120. The maximum absolute atomic E-state index is 12.3. The smallest absolute Gasteiger partial charge is 0.328 e. The zero-order valence-electron chi connectivity index (χ0n) is 28.9. The van der Waals surface area contributed by atoms with Crippen molar-refractivity contribution in [3.63, 3.8) is 0 Å². The Bertz CT molecular complexity index is 1820. The van der Waals surface area contributed by atoms with Crippen molar-refractivity contribution in [3.05, 3.63) is 54.4 Å². The SMILES string of the molecule is Cc1cc(N2CCC(CN3CCN(c4ccc(Nc5nc(N6CCCCC6)nc6nc[nH]c56)cc4)CC3)CC2)ccc1N1CCC(=O)NC1=O. The number of piperazine rings is 1. The van der Waals surface area contributed by atoms with Gasteiger partial charge in [0.05, 0.1) is 6.33 Å². The number of hydrogen-bond acceptors (Lipinski definition) is 10. The second kappa shape index (κ2) is 14.1. The van der Waals surface area contributed by atoms with E-state index in [-0.39, 0.29) is 11.9 Å². The summed E-state index contributed by atoms with van der Waals surface area (Å²) >= 11 is 0. The summed E-state index contributed by atoms with van der Waals surface area (Å²) in [6.07, 6.45) is 8.00. The lowest BCUT2D eigenvalue weighted by Gasteiger charge is -2.40. The molecular weight excluding hydrogens is 630 g/mol. The number of carbonyl (C=O) groups excluding carboxylic acids is 2. The van der Waals surface area contributed by atoms with Crippen molar-refractivity contribution in [1.82, 2.24) is 30.2 Å². The number of imidazole rings is 1. The quantitative estimate of drug-likeness (QED) is 0.237. The van der Waals surface area contributed by atoms with Gasteiger partial charge in [-0.15, -0.1) is 0 Å². The van der Waals surface area contributed by atoms with E-state index in [2.05, 4.69) is 76.6 Å². The summed E-state index contributed by atoms with van der Waals surface area (Å²) in [6.45, 7) is 11.9. The predicted octanol–water partition coefficient (Wildman–Crippen LogP) is 4.88. The highest BCUT2D eigenvalue weighted by Crippen LogP contribution is 2.31. The van der Waals surface area contributed by atoms with Gasteiger partial charge in [0.1, 0.15) is 5.52 Å². The number of H-pyrrole nitrogens is 1. The molecule has 13 heteroatoms. The van der Waals surface area contributed by atoms with Gasteiger partial charge in [0.2, 0.25) is 11.9 Å². The number of carbonyl (C=O) groups is 2. The summed E-state index contributed by atoms with van der Waals surface area (Å²) in [5.41, 5.74) is 6.91. The first kappa shape index (κ1) is 32.3. The van der Waals surface area contributed by atoms with Gasteiger partial charge in [-0.25, -0.2) is 9.78 Å². The third-order valence-corrected chi connectivity index (χ3v) is 10.8. The number of aryl methyl sites for hydroxylation is 1. The van der Waals surface area contributed by atoms with Crippen molar-refractivity contribution in [1.29, 1.82) is 0 Å². The van der Waals surface area contributed by atoms with Crippen LogP contribution in [-0.2, 0) is 4.79 Å². The van der Waals surface area contributed by atoms with Crippen LogP contribution in [0.3, 0.4) is 0 Å². The molecule has 3 amide bonds. The summed E-state index contributed by atoms with van der Waals surface area (Å²) < 4.78 is 0. The minimum absolute atomic E-state index is 0.206. The Morgan fingerprint density at radius 2 is 1.54 bits per heavy atom. The van der Waals surface area contributed by atoms with Crippen molar-refractivity contribution >= 4 is 57.6 Å². The van der Waals surface area contributed by atoms with Crippen LogP contribution in [0.5, 0.6) is 0 Å². The first-order valence-corrected chi connectivity index (χ1v) is 18.2. The number of anilines is 6. The molecule has 4 aliphatic rings. The molecule has 0 atom stereocenters. The number of amides is 3. The average Bonchev–Trinajstić information content (AvgIpc) is 3.63. The van der Waals surface area contributed by atoms with Gasteiger partial charge in [-0.1, -0.05) is 0 Å². The van der Waals surface area contributed by atoms with Crippen LogP contribution >= 0.6 is 0 Å². The van der Waals surface area contributed by atoms with Gasteiger partial charge in [0.25, 0.3) is 0 Å². The van der Waals surface area contributed by atoms with E-state index < -0.39 is 0 Å². The van der Waals surface area contributed by atoms with Crippen LogP contribution in [-0.4, -0.2) is 102 Å². The number of nitrogens with one attached hydrogen (secondary N) is 3. The van der Waals surface area contributed by atoms with E-state index in [1.165, 1.54) is 43.5 Å². The summed E-state index contributed by atoms with van der Waals surface area (Å²) in [5.74, 6) is 2.01. The van der Waals surface area contributed by atoms with E-state index in [1.807, 2.05) is 13.0 Å². The number of hydrogen-bond donors (Lipinski definition) is 3. The number of aromatic nitrogens is 4. The first-order valence-electron chi connectivity index (χ1n) is 18.2. The second-order valence-corrected chi connectivity index (χ2v) is 14.1. The van der Waals surface area contributed by atoms with Crippen molar-refractivity contribution in [2.24, 2.45) is 5.92 Å². The molecule has 2 aromatic carbocycles. The highest BCUT2D eigenvalue weighted by Gasteiger charge is 2.27. The number of benzene rings is 2. The molecule has 0 unspecified atom stereocenters. The Hall–Kier alpha value is -4.91. The fourth-order valence-electron chi connectivity index (χ4n) is 7.90. The topological polar surface area (TPSA) is 129 Å². The molecule has 50 heavy (non-hydrogen) atoms. The summed E-state index contributed by atoms with van der Waals surface area (Å²) in [5, 5.41) is 5.95. The maximum atomic E-state index is 12.3. The Balaban J connectivity index is 0.810. The van der Waals surface area contributed by atoms with Crippen LogP contribution in [0.2, 0.25) is 0 Å².